The summed E-state index contributed by atoms with van der Waals surface area (Å²) in [5, 5.41) is 44.8. The normalized spacial score (nSPS) is 12.5. The van der Waals surface area contributed by atoms with Crippen molar-refractivity contribution in [2.45, 2.75) is 251 Å². The van der Waals surface area contributed by atoms with E-state index in [4.69, 9.17) is 9.47 Å². The minimum absolute atomic E-state index is 0.272. The largest absolute Gasteiger partial charge is 0.487 e. The zero-order valence-electron chi connectivity index (χ0n) is 61.1. The second-order valence-electron chi connectivity index (χ2n) is 27.6. The molecule has 96 heavy (non-hydrogen) atoms. The Balaban J connectivity index is 0.000000163. The highest BCUT2D eigenvalue weighted by atomic mass is 32.1. The number of nitrogens with one attached hydrogen (secondary N) is 9. The number of aromatic nitrogens is 18. The fraction of sp³-hybridized carbons (Fsp3) is 0.580. The molecular weight excluding hydrogens is 1230 g/mol. The van der Waals surface area contributed by atoms with Crippen molar-refractivity contribution in [3.63, 3.8) is 0 Å². The lowest BCUT2D eigenvalue weighted by Crippen LogP contribution is -2.14. The number of ether oxygens (including phenoxy) is 2. The highest BCUT2D eigenvalue weighted by Gasteiger charge is 2.25. The molecule has 2 aliphatic heterocycles. The Morgan fingerprint density at radius 1 is 0.406 bits per heavy atom. The fourth-order valence-electron chi connectivity index (χ4n) is 9.45. The molecule has 10 aromatic heterocycles. The Kier molecular flexibility index (Phi) is 26.6. The van der Waals surface area contributed by atoms with Crippen molar-refractivity contribution < 1.29 is 9.47 Å². The topological polar surface area (TPSA) is 331 Å². The molecule has 520 valence electrons. The standard InChI is InChI=1S/C12H18N4.2C12H19N3O.C12H17N3S.C11H17N5.C10H16N6/c1-7(2)10-15-11-9(5-6-13-11)12(16-10)14-8(3)4;1-7(2)11-14-9-5-6-16-10(9)12(15-11)13-8(3)4;1-7(2)10-14-11(13-8(3)4)9-5-6-16-12(9)15-10;1-7(2)11-14-10-6-16-5-9(10)12(15-11)13-8(3)4;1-6(2)9-14-10(13-7(3)4)8-5-12-16-11(8)15-9;1-5(2)8-12-9(11-6(3)4)7-10(13-8)15-16-14-7/h5-8H,1-4H3,(H2,13,14,15,16);2*7-8H,5-6H2,1-4H3,(H,13,14,15);5-8H,1-4H3,(H,13,14,15);5-7H,1-4H3,(H2,12,13,14,15,16);5-6H,1-4H3,(H2,11,12,13,14,15,16). The summed E-state index contributed by atoms with van der Waals surface area (Å²) in [7, 11) is 0. The summed E-state index contributed by atoms with van der Waals surface area (Å²) in [5.41, 5.74) is 6.22. The van der Waals surface area contributed by atoms with Gasteiger partial charge in [-0.25, -0.2) is 54.8 Å². The molecule has 0 radical (unpaired) electrons. The molecule has 0 atom stereocenters. The van der Waals surface area contributed by atoms with Gasteiger partial charge in [-0.1, -0.05) is 83.1 Å². The van der Waals surface area contributed by atoms with Crippen LogP contribution in [0.4, 0.5) is 34.9 Å². The van der Waals surface area contributed by atoms with Crippen LogP contribution in [0.15, 0.2) is 29.2 Å². The lowest BCUT2D eigenvalue weighted by Gasteiger charge is -2.14. The predicted molar refractivity (Wildman–Crippen MR) is 392 cm³/mol. The summed E-state index contributed by atoms with van der Waals surface area (Å²) in [4.78, 5) is 57.3. The number of hydrogen-bond donors (Lipinski definition) is 9. The first kappa shape index (κ1) is 74.6. The molecule has 0 unspecified atom stereocenters. The van der Waals surface area contributed by atoms with E-state index in [9.17, 15) is 0 Å². The van der Waals surface area contributed by atoms with Crippen LogP contribution in [0, 0.1) is 0 Å². The summed E-state index contributed by atoms with van der Waals surface area (Å²) < 4.78 is 11.1. The zero-order valence-corrected chi connectivity index (χ0v) is 61.9. The van der Waals surface area contributed by atoms with Gasteiger partial charge >= 0.3 is 0 Å². The number of hydrogen-bond acceptors (Lipinski definition) is 24. The SMILES string of the molecule is CC(C)Nc1nc(C(C)C)nc2[nH]ccc12.CC(C)Nc1nc(C(C)C)nc2[nH]ncc12.CC(C)Nc1nc(C(C)C)nc2c1CCO2.CC(C)Nc1nc(C(C)C)nc2c1OCC2.CC(C)Nc1nc(C(C)C)nc2cscc12.CC(C)Nc1nc(C(C)C)nc2n[nH]nc12. The molecule has 0 aromatic carbocycles. The smallest absolute Gasteiger partial charge is 0.222 e. The lowest BCUT2D eigenvalue weighted by molar-refractivity contribution is 0.343. The third-order valence-electron chi connectivity index (χ3n) is 14.1. The van der Waals surface area contributed by atoms with Gasteiger partial charge < -0.3 is 46.4 Å². The maximum Gasteiger partial charge on any atom is 0.222 e. The first-order valence-corrected chi connectivity index (χ1v) is 34.9. The van der Waals surface area contributed by atoms with Crippen molar-refractivity contribution in [2.75, 3.05) is 45.1 Å². The number of aromatic amines is 3. The van der Waals surface area contributed by atoms with E-state index in [0.29, 0.717) is 77.0 Å². The highest BCUT2D eigenvalue weighted by Crippen LogP contribution is 2.34. The monoisotopic (exact) mass is 1330 g/mol. The molecule has 0 bridgehead atoms. The molecule has 27 heteroatoms. The van der Waals surface area contributed by atoms with Crippen molar-refractivity contribution in [2.24, 2.45) is 0 Å². The Hall–Kier alpha value is -8.75. The fourth-order valence-corrected chi connectivity index (χ4v) is 10.2. The first-order valence-electron chi connectivity index (χ1n) is 34.0. The molecule has 26 nitrogen and oxygen atoms in total. The van der Waals surface area contributed by atoms with Crippen LogP contribution in [0.1, 0.15) is 248 Å². The van der Waals surface area contributed by atoms with Crippen LogP contribution < -0.4 is 41.4 Å². The van der Waals surface area contributed by atoms with E-state index in [0.717, 1.165) is 152 Å². The predicted octanol–water partition coefficient (Wildman–Crippen LogP) is 15.2. The van der Waals surface area contributed by atoms with Crippen molar-refractivity contribution >= 4 is 90.4 Å². The van der Waals surface area contributed by atoms with Gasteiger partial charge in [-0.05, 0) is 89.2 Å². The first-order chi connectivity index (χ1) is 45.5. The summed E-state index contributed by atoms with van der Waals surface area (Å²) >= 11 is 1.67. The average Bonchev–Trinajstić information content (AvgIpc) is 1.65. The van der Waals surface area contributed by atoms with Crippen LogP contribution in [-0.2, 0) is 12.8 Å². The van der Waals surface area contributed by atoms with Crippen LogP contribution in [0.3, 0.4) is 0 Å². The highest BCUT2D eigenvalue weighted by molar-refractivity contribution is 7.09. The molecule has 0 spiro atoms. The molecule has 0 saturated heterocycles. The maximum atomic E-state index is 5.58. The number of nitrogens with zero attached hydrogens (tertiary/aromatic N) is 15. The van der Waals surface area contributed by atoms with E-state index in [2.05, 4.69) is 299 Å². The minimum Gasteiger partial charge on any atom is -0.487 e. The summed E-state index contributed by atoms with van der Waals surface area (Å²) in [6.45, 7) is 51.7. The quantitative estimate of drug-likeness (QED) is 0.0385. The second kappa shape index (κ2) is 34.3. The summed E-state index contributed by atoms with van der Waals surface area (Å²) in [6, 6.07) is 4.13. The van der Waals surface area contributed by atoms with E-state index >= 15 is 0 Å². The molecule has 0 aliphatic carbocycles. The molecule has 0 saturated carbocycles. The number of anilines is 6. The van der Waals surface area contributed by atoms with Gasteiger partial charge in [0.1, 0.15) is 63.9 Å². The third-order valence-corrected chi connectivity index (χ3v) is 14.8. The van der Waals surface area contributed by atoms with Gasteiger partial charge in [-0.15, -0.1) is 16.4 Å². The van der Waals surface area contributed by atoms with Gasteiger partial charge in [0.25, 0.3) is 0 Å². The van der Waals surface area contributed by atoms with Gasteiger partial charge in [-0.3, -0.25) is 5.10 Å². The van der Waals surface area contributed by atoms with Gasteiger partial charge in [0.05, 0.1) is 52.3 Å². The Morgan fingerprint density at radius 2 is 0.854 bits per heavy atom. The number of rotatable bonds is 18. The molecule has 0 amide bonds. The molecule has 12 rings (SSSR count). The Morgan fingerprint density at radius 3 is 1.43 bits per heavy atom. The van der Waals surface area contributed by atoms with Crippen LogP contribution in [-0.4, -0.2) is 140 Å². The minimum atomic E-state index is 0.272. The van der Waals surface area contributed by atoms with Crippen LogP contribution in [0.5, 0.6) is 11.6 Å². The number of H-pyrrole nitrogens is 3. The Bertz CT molecular complexity index is 3620. The molecule has 0 fully saturated rings. The van der Waals surface area contributed by atoms with E-state index < -0.39 is 0 Å². The lowest BCUT2D eigenvalue weighted by atomic mass is 10.2. The molecule has 9 N–H and O–H groups in total. The molecular formula is C69H106N24O2S. The number of thiophene rings is 1. The van der Waals surface area contributed by atoms with E-state index in [1.807, 2.05) is 12.3 Å². The molecule has 12 heterocycles. The summed E-state index contributed by atoms with van der Waals surface area (Å²) in [6.07, 6.45) is 5.45. The maximum absolute atomic E-state index is 5.58. The third kappa shape index (κ3) is 20.6. The molecule has 10 aromatic rings. The zero-order chi connectivity index (χ0) is 70.2. The van der Waals surface area contributed by atoms with Crippen LogP contribution in [0.2, 0.25) is 0 Å². The van der Waals surface area contributed by atoms with Crippen molar-refractivity contribution in [1.82, 2.24) is 90.4 Å². The van der Waals surface area contributed by atoms with Gasteiger partial charge in [0.2, 0.25) is 11.5 Å². The van der Waals surface area contributed by atoms with E-state index in [1.165, 1.54) is 0 Å². The second-order valence-corrected chi connectivity index (χ2v) is 28.3. The van der Waals surface area contributed by atoms with E-state index in [1.54, 1.807) is 17.5 Å². The van der Waals surface area contributed by atoms with Crippen molar-refractivity contribution in [3.05, 3.63) is 75.4 Å². The van der Waals surface area contributed by atoms with Gasteiger partial charge in [-0.2, -0.15) is 20.4 Å². The van der Waals surface area contributed by atoms with Crippen LogP contribution >= 0.6 is 11.3 Å². The number of fused-ring (bicyclic) bond motifs is 6. The van der Waals surface area contributed by atoms with Gasteiger partial charge in [0.15, 0.2) is 28.5 Å². The van der Waals surface area contributed by atoms with E-state index in [-0.39, 0.29) is 5.92 Å². The summed E-state index contributed by atoms with van der Waals surface area (Å²) in [5.74, 6) is 14.0. The van der Waals surface area contributed by atoms with Crippen LogP contribution in [0.25, 0.3) is 44.1 Å². The Labute approximate surface area is 570 Å². The average molecular weight is 1340 g/mol. The van der Waals surface area contributed by atoms with Gasteiger partial charge in [0, 0.05) is 102 Å². The van der Waals surface area contributed by atoms with Crippen molar-refractivity contribution in [1.29, 1.82) is 0 Å². The molecule has 2 aliphatic rings. The van der Waals surface area contributed by atoms with Crippen molar-refractivity contribution in [3.8, 4) is 11.6 Å².